The third kappa shape index (κ3) is 3.41. The number of aromatic nitrogens is 2. The van der Waals surface area contributed by atoms with E-state index in [4.69, 9.17) is 4.18 Å². The molecule has 2 N–H and O–H groups in total. The second-order valence-corrected chi connectivity index (χ2v) is 7.88. The number of aryl methyl sites for hydroxylation is 1. The molecule has 0 unspecified atom stereocenters. The first-order valence-corrected chi connectivity index (χ1v) is 9.39. The lowest BCUT2D eigenvalue weighted by Crippen LogP contribution is -2.22. The van der Waals surface area contributed by atoms with Gasteiger partial charge in [-0.1, -0.05) is 26.0 Å². The Kier molecular flexibility index (Phi) is 4.45. The maximum absolute atomic E-state index is 12.7. The number of rotatable bonds is 4. The normalized spacial score (nSPS) is 11.8. The minimum Gasteiger partial charge on any atom is -0.379 e. The molecule has 3 aromatic rings. The lowest BCUT2D eigenvalue weighted by Gasteiger charge is -2.13. The van der Waals surface area contributed by atoms with Gasteiger partial charge in [0.05, 0.1) is 10.9 Å². The fourth-order valence-corrected chi connectivity index (χ4v) is 3.54. The van der Waals surface area contributed by atoms with E-state index in [9.17, 15) is 18.0 Å². The molecule has 0 amide bonds. The highest BCUT2D eigenvalue weighted by atomic mass is 32.2. The molecular weight excluding hydrogens is 356 g/mol. The summed E-state index contributed by atoms with van der Waals surface area (Å²) >= 11 is 0. The minimum atomic E-state index is -4.14. The van der Waals surface area contributed by atoms with Gasteiger partial charge in [0.2, 0.25) is 0 Å². The monoisotopic (exact) mass is 374 g/mol. The van der Waals surface area contributed by atoms with Gasteiger partial charge in [0.1, 0.15) is 10.6 Å². The Morgan fingerprint density at radius 3 is 2.42 bits per heavy atom. The van der Waals surface area contributed by atoms with Gasteiger partial charge < -0.3 is 9.17 Å². The van der Waals surface area contributed by atoms with Crippen molar-refractivity contribution in [3.63, 3.8) is 0 Å². The standard InChI is InChI=1S/C18H18N2O5S/c1-10(2)12-5-4-11(3)16(8-12)25-26(23,24)13-6-7-15-14(9-13)17(21)20-18(22)19-15/h4-10H,1-3H3,(H2,19,20,21,22). The van der Waals surface area contributed by atoms with Gasteiger partial charge in [0.25, 0.3) is 5.56 Å². The largest absolute Gasteiger partial charge is 0.379 e. The van der Waals surface area contributed by atoms with E-state index in [-0.39, 0.29) is 27.5 Å². The average molecular weight is 374 g/mol. The van der Waals surface area contributed by atoms with E-state index in [0.717, 1.165) is 5.56 Å². The molecule has 3 rings (SSSR count). The Morgan fingerprint density at radius 2 is 1.73 bits per heavy atom. The summed E-state index contributed by atoms with van der Waals surface area (Å²) in [5.41, 5.74) is 0.555. The van der Waals surface area contributed by atoms with Crippen LogP contribution in [0.3, 0.4) is 0 Å². The molecule has 0 saturated heterocycles. The smallest absolute Gasteiger partial charge is 0.339 e. The Labute approximate surface area is 149 Å². The second-order valence-electron chi connectivity index (χ2n) is 6.33. The summed E-state index contributed by atoms with van der Waals surface area (Å²) in [6.45, 7) is 5.75. The zero-order valence-electron chi connectivity index (χ0n) is 14.5. The number of nitrogens with one attached hydrogen (secondary N) is 2. The molecule has 0 atom stereocenters. The predicted octanol–water partition coefficient (Wildman–Crippen LogP) is 2.42. The number of benzene rings is 2. The zero-order chi connectivity index (χ0) is 19.1. The topological polar surface area (TPSA) is 109 Å². The summed E-state index contributed by atoms with van der Waals surface area (Å²) in [5.74, 6) is 0.461. The molecule has 26 heavy (non-hydrogen) atoms. The first kappa shape index (κ1) is 17.9. The van der Waals surface area contributed by atoms with E-state index >= 15 is 0 Å². The molecule has 0 saturated carbocycles. The van der Waals surface area contributed by atoms with Crippen LogP contribution in [0, 0.1) is 6.92 Å². The van der Waals surface area contributed by atoms with Crippen molar-refractivity contribution in [2.45, 2.75) is 31.6 Å². The summed E-state index contributed by atoms with van der Waals surface area (Å²) in [6, 6.07) is 9.25. The van der Waals surface area contributed by atoms with Gasteiger partial charge in [-0.3, -0.25) is 9.78 Å². The minimum absolute atomic E-state index is 0.0573. The van der Waals surface area contributed by atoms with Gasteiger partial charge in [-0.15, -0.1) is 0 Å². The number of H-pyrrole nitrogens is 2. The van der Waals surface area contributed by atoms with Crippen LogP contribution >= 0.6 is 0 Å². The Bertz CT molecular complexity index is 1210. The van der Waals surface area contributed by atoms with Crippen LogP contribution in [0.1, 0.15) is 30.9 Å². The molecular formula is C18H18N2O5S. The molecule has 0 radical (unpaired) electrons. The molecule has 0 aliphatic rings. The third-order valence-corrected chi connectivity index (χ3v) is 5.31. The predicted molar refractivity (Wildman–Crippen MR) is 98.3 cm³/mol. The molecule has 7 nitrogen and oxygen atoms in total. The molecule has 1 heterocycles. The van der Waals surface area contributed by atoms with Gasteiger partial charge in [-0.25, -0.2) is 4.79 Å². The first-order chi connectivity index (χ1) is 12.2. The average Bonchev–Trinajstić information content (AvgIpc) is 2.56. The maximum Gasteiger partial charge on any atom is 0.339 e. The summed E-state index contributed by atoms with van der Waals surface area (Å²) in [6.07, 6.45) is 0. The fraction of sp³-hybridized carbons (Fsp3) is 0.222. The highest BCUT2D eigenvalue weighted by molar-refractivity contribution is 7.87. The van der Waals surface area contributed by atoms with E-state index in [1.54, 1.807) is 19.1 Å². The lowest BCUT2D eigenvalue weighted by molar-refractivity contribution is 0.483. The highest BCUT2D eigenvalue weighted by Crippen LogP contribution is 2.27. The molecule has 8 heteroatoms. The van der Waals surface area contributed by atoms with Crippen LogP contribution in [-0.4, -0.2) is 18.4 Å². The summed E-state index contributed by atoms with van der Waals surface area (Å²) < 4.78 is 30.6. The Hall–Kier alpha value is -2.87. The van der Waals surface area contributed by atoms with Gasteiger partial charge >= 0.3 is 15.8 Å². The molecule has 0 fully saturated rings. The fourth-order valence-electron chi connectivity index (χ4n) is 2.53. The van der Waals surface area contributed by atoms with Gasteiger partial charge in [-0.2, -0.15) is 8.42 Å². The summed E-state index contributed by atoms with van der Waals surface area (Å²) in [5, 5.41) is 0.0573. The van der Waals surface area contributed by atoms with E-state index in [1.165, 1.54) is 18.2 Å². The molecule has 0 spiro atoms. The van der Waals surface area contributed by atoms with Gasteiger partial charge in [-0.05, 0) is 48.2 Å². The molecule has 0 aliphatic carbocycles. The Morgan fingerprint density at radius 1 is 1.00 bits per heavy atom. The van der Waals surface area contributed by atoms with Crippen molar-refractivity contribution in [1.29, 1.82) is 0 Å². The van der Waals surface area contributed by atoms with Crippen LogP contribution in [0.4, 0.5) is 0 Å². The van der Waals surface area contributed by atoms with Crippen LogP contribution in [-0.2, 0) is 10.1 Å². The molecule has 2 aromatic carbocycles. The van der Waals surface area contributed by atoms with E-state index in [0.29, 0.717) is 5.56 Å². The first-order valence-electron chi connectivity index (χ1n) is 7.99. The van der Waals surface area contributed by atoms with Crippen molar-refractivity contribution in [3.8, 4) is 5.75 Å². The van der Waals surface area contributed by atoms with Gasteiger partial charge in [0, 0.05) is 0 Å². The van der Waals surface area contributed by atoms with E-state index < -0.39 is 21.4 Å². The number of hydrogen-bond acceptors (Lipinski definition) is 5. The molecule has 1 aromatic heterocycles. The SMILES string of the molecule is Cc1ccc(C(C)C)cc1OS(=O)(=O)c1ccc2[nH]c(=O)[nH]c(=O)c2c1. The molecule has 136 valence electrons. The molecule has 0 aliphatic heterocycles. The number of hydrogen-bond donors (Lipinski definition) is 2. The summed E-state index contributed by atoms with van der Waals surface area (Å²) in [7, 11) is -4.14. The van der Waals surface area contributed by atoms with Crippen LogP contribution < -0.4 is 15.4 Å². The maximum atomic E-state index is 12.7. The molecule has 0 bridgehead atoms. The van der Waals surface area contributed by atoms with Crippen molar-refractivity contribution >= 4 is 21.0 Å². The summed E-state index contributed by atoms with van der Waals surface area (Å²) in [4.78, 5) is 27.5. The number of fused-ring (bicyclic) bond motifs is 1. The lowest BCUT2D eigenvalue weighted by atomic mass is 10.0. The third-order valence-electron chi connectivity index (χ3n) is 4.08. The zero-order valence-corrected chi connectivity index (χ0v) is 15.3. The van der Waals surface area contributed by atoms with Crippen LogP contribution in [0.2, 0.25) is 0 Å². The van der Waals surface area contributed by atoms with Gasteiger partial charge in [0.15, 0.2) is 0 Å². The van der Waals surface area contributed by atoms with Crippen molar-refractivity contribution < 1.29 is 12.6 Å². The van der Waals surface area contributed by atoms with Crippen LogP contribution in [0.5, 0.6) is 5.75 Å². The van der Waals surface area contributed by atoms with E-state index in [2.05, 4.69) is 9.97 Å². The number of aromatic amines is 2. The highest BCUT2D eigenvalue weighted by Gasteiger charge is 2.20. The van der Waals surface area contributed by atoms with Crippen LogP contribution in [0.15, 0.2) is 50.9 Å². The van der Waals surface area contributed by atoms with Crippen molar-refractivity contribution in [2.24, 2.45) is 0 Å². The quantitative estimate of drug-likeness (QED) is 0.682. The van der Waals surface area contributed by atoms with Crippen molar-refractivity contribution in [2.75, 3.05) is 0 Å². The Balaban J connectivity index is 2.06. The van der Waals surface area contributed by atoms with E-state index in [1.807, 2.05) is 19.9 Å². The van der Waals surface area contributed by atoms with Crippen molar-refractivity contribution in [1.82, 2.24) is 9.97 Å². The van der Waals surface area contributed by atoms with Crippen molar-refractivity contribution in [3.05, 3.63) is 68.4 Å². The van der Waals surface area contributed by atoms with Crippen LogP contribution in [0.25, 0.3) is 10.9 Å². The second kappa shape index (κ2) is 6.45.